The van der Waals surface area contributed by atoms with E-state index in [-0.39, 0.29) is 16.6 Å². The molecule has 1 N–H and O–H groups in total. The molecule has 1 amide bonds. The van der Waals surface area contributed by atoms with E-state index in [0.29, 0.717) is 12.1 Å². The van der Waals surface area contributed by atoms with Gasteiger partial charge in [0.1, 0.15) is 10.6 Å². The molecule has 0 aliphatic carbocycles. The predicted molar refractivity (Wildman–Crippen MR) is 82.3 cm³/mol. The maximum Gasteiger partial charge on any atom is 0.265 e. The molecule has 0 radical (unpaired) electrons. The lowest BCUT2D eigenvalue weighted by atomic mass is 10.1. The Hall–Kier alpha value is -1.27. The lowest BCUT2D eigenvalue weighted by Gasteiger charge is -2.18. The van der Waals surface area contributed by atoms with Crippen LogP contribution in [0.3, 0.4) is 0 Å². The zero-order chi connectivity index (χ0) is 16.2. The van der Waals surface area contributed by atoms with Crippen LogP contribution in [0.15, 0.2) is 17.0 Å². The summed E-state index contributed by atoms with van der Waals surface area (Å²) in [4.78, 5) is 11.7. The predicted octanol–water partition coefficient (Wildman–Crippen LogP) is 2.52. The second-order valence-electron chi connectivity index (χ2n) is 4.90. The third-order valence-electron chi connectivity index (χ3n) is 2.86. The first-order valence-corrected chi connectivity index (χ1v) is 8.98. The van der Waals surface area contributed by atoms with Crippen molar-refractivity contribution in [2.45, 2.75) is 45.1 Å². The van der Waals surface area contributed by atoms with E-state index in [1.54, 1.807) is 26.8 Å². The van der Waals surface area contributed by atoms with Crippen LogP contribution in [-0.2, 0) is 13.8 Å². The average Bonchev–Trinajstić information content (AvgIpc) is 2.37. The number of amides is 1. The Balaban J connectivity index is 3.11. The van der Waals surface area contributed by atoms with E-state index in [9.17, 15) is 13.2 Å². The summed E-state index contributed by atoms with van der Waals surface area (Å²) in [6.45, 7) is 7.52. The Morgan fingerprint density at radius 2 is 2.00 bits per heavy atom. The fraction of sp³-hybridized carbons (Fsp3) is 0.500. The lowest BCUT2D eigenvalue weighted by molar-refractivity contribution is -0.127. The summed E-state index contributed by atoms with van der Waals surface area (Å²) in [5.74, 6) is -0.176. The molecular weight excluding hydrogens is 314 g/mol. The van der Waals surface area contributed by atoms with Crippen molar-refractivity contribution in [3.05, 3.63) is 23.3 Å². The molecule has 0 aromatic heterocycles. The zero-order valence-corrected chi connectivity index (χ0v) is 14.1. The van der Waals surface area contributed by atoms with Gasteiger partial charge >= 0.3 is 0 Å². The Bertz CT molecular complexity index is 628. The second-order valence-corrected chi connectivity index (χ2v) is 7.43. The van der Waals surface area contributed by atoms with Gasteiger partial charge in [0, 0.05) is 17.2 Å². The number of hydrogen-bond acceptors (Lipinski definition) is 4. The number of carbonyl (C=O) groups excluding carboxylic acids is 1. The molecule has 0 saturated heterocycles. The molecule has 0 bridgehead atoms. The van der Waals surface area contributed by atoms with Gasteiger partial charge in [0.25, 0.3) is 15.0 Å². The number of aryl methyl sites for hydroxylation is 2. The summed E-state index contributed by atoms with van der Waals surface area (Å²) in [5, 5.41) is 2.70. The first-order valence-electron chi connectivity index (χ1n) is 6.67. The van der Waals surface area contributed by atoms with E-state index in [2.05, 4.69) is 5.32 Å². The van der Waals surface area contributed by atoms with E-state index in [0.717, 1.165) is 12.0 Å². The smallest absolute Gasteiger partial charge is 0.265 e. The Kier molecular flexibility index (Phi) is 6.04. The number of rotatable bonds is 6. The Morgan fingerprint density at radius 3 is 2.52 bits per heavy atom. The summed E-state index contributed by atoms with van der Waals surface area (Å²) in [6, 6.07) is 3.21. The molecule has 0 heterocycles. The molecule has 1 unspecified atom stereocenters. The maximum absolute atomic E-state index is 11.8. The van der Waals surface area contributed by atoms with Crippen molar-refractivity contribution in [2.24, 2.45) is 0 Å². The van der Waals surface area contributed by atoms with E-state index in [1.807, 2.05) is 6.92 Å². The monoisotopic (exact) mass is 333 g/mol. The second kappa shape index (κ2) is 7.13. The molecule has 21 heavy (non-hydrogen) atoms. The van der Waals surface area contributed by atoms with Crippen molar-refractivity contribution in [3.63, 3.8) is 0 Å². The van der Waals surface area contributed by atoms with Crippen molar-refractivity contribution < 1.29 is 17.9 Å². The fourth-order valence-corrected chi connectivity index (χ4v) is 2.97. The number of benzene rings is 1. The van der Waals surface area contributed by atoms with E-state index in [4.69, 9.17) is 15.4 Å². The molecule has 0 fully saturated rings. The van der Waals surface area contributed by atoms with Gasteiger partial charge in [-0.05, 0) is 44.4 Å². The third kappa shape index (κ3) is 4.89. The number of hydrogen-bond donors (Lipinski definition) is 1. The highest BCUT2D eigenvalue weighted by atomic mass is 35.7. The van der Waals surface area contributed by atoms with Crippen LogP contribution >= 0.6 is 10.7 Å². The summed E-state index contributed by atoms with van der Waals surface area (Å²) in [7, 11) is 1.49. The average molecular weight is 334 g/mol. The molecule has 118 valence electrons. The number of carbonyl (C=O) groups is 1. The van der Waals surface area contributed by atoms with Crippen LogP contribution in [0.2, 0.25) is 0 Å². The van der Waals surface area contributed by atoms with Gasteiger partial charge in [-0.15, -0.1) is 0 Å². The quantitative estimate of drug-likeness (QED) is 0.812. The molecule has 0 aliphatic heterocycles. The van der Waals surface area contributed by atoms with Gasteiger partial charge in [-0.1, -0.05) is 13.0 Å². The first kappa shape index (κ1) is 17.8. The molecule has 1 rings (SSSR count). The molecular formula is C14H20ClNO4S. The van der Waals surface area contributed by atoms with Gasteiger partial charge in [-0.25, -0.2) is 8.42 Å². The topological polar surface area (TPSA) is 72.5 Å². The van der Waals surface area contributed by atoms with Gasteiger partial charge in [0.2, 0.25) is 0 Å². The molecule has 0 spiro atoms. The molecule has 7 heteroatoms. The molecule has 1 aromatic carbocycles. The highest BCUT2D eigenvalue weighted by Crippen LogP contribution is 2.32. The maximum atomic E-state index is 11.8. The van der Waals surface area contributed by atoms with Crippen molar-refractivity contribution >= 4 is 25.6 Å². The van der Waals surface area contributed by atoms with Crippen molar-refractivity contribution in [3.8, 4) is 5.75 Å². The summed E-state index contributed by atoms with van der Waals surface area (Å²) >= 11 is 0. The van der Waals surface area contributed by atoms with Gasteiger partial charge < -0.3 is 10.1 Å². The molecule has 5 nitrogen and oxygen atoms in total. The molecule has 1 aromatic rings. The highest BCUT2D eigenvalue weighted by Gasteiger charge is 2.23. The van der Waals surface area contributed by atoms with E-state index >= 15 is 0 Å². The lowest BCUT2D eigenvalue weighted by Crippen LogP contribution is -2.37. The van der Waals surface area contributed by atoms with E-state index < -0.39 is 15.2 Å². The summed E-state index contributed by atoms with van der Waals surface area (Å²) < 4.78 is 28.9. The van der Waals surface area contributed by atoms with Crippen LogP contribution in [0.1, 0.15) is 31.4 Å². The minimum atomic E-state index is -3.95. The van der Waals surface area contributed by atoms with Crippen LogP contribution in [-0.4, -0.2) is 27.0 Å². The van der Waals surface area contributed by atoms with E-state index in [1.165, 1.54) is 6.07 Å². The van der Waals surface area contributed by atoms with Gasteiger partial charge in [0.15, 0.2) is 6.10 Å². The van der Waals surface area contributed by atoms with Gasteiger partial charge in [-0.2, -0.15) is 0 Å². The largest absolute Gasteiger partial charge is 0.479 e. The minimum absolute atomic E-state index is 0.114. The zero-order valence-electron chi connectivity index (χ0n) is 12.6. The van der Waals surface area contributed by atoms with Crippen molar-refractivity contribution in [2.75, 3.05) is 6.54 Å². The minimum Gasteiger partial charge on any atom is -0.479 e. The normalized spacial score (nSPS) is 12.8. The van der Waals surface area contributed by atoms with Crippen molar-refractivity contribution in [1.29, 1.82) is 0 Å². The molecule has 1 atom stereocenters. The SMILES string of the molecule is CCCNC(=O)C(C)Oc1c(C)cc(C)cc1S(=O)(=O)Cl. The number of halogens is 1. The third-order valence-corrected chi connectivity index (χ3v) is 4.19. The number of nitrogens with one attached hydrogen (secondary N) is 1. The standard InChI is InChI=1S/C14H20ClNO4S/c1-5-6-16-14(17)11(4)20-13-10(3)7-9(2)8-12(13)21(15,18)19/h7-8,11H,5-6H2,1-4H3,(H,16,17). The van der Waals surface area contributed by atoms with Crippen LogP contribution in [0, 0.1) is 13.8 Å². The number of ether oxygens (including phenoxy) is 1. The van der Waals surface area contributed by atoms with Crippen LogP contribution in [0.25, 0.3) is 0 Å². The van der Waals surface area contributed by atoms with Crippen LogP contribution in [0.5, 0.6) is 5.75 Å². The fourth-order valence-electron chi connectivity index (χ4n) is 1.87. The summed E-state index contributed by atoms with van der Waals surface area (Å²) in [5.41, 5.74) is 1.37. The molecule has 0 aliphatic rings. The molecule has 0 saturated carbocycles. The van der Waals surface area contributed by atoms with Crippen LogP contribution in [0.4, 0.5) is 0 Å². The van der Waals surface area contributed by atoms with Gasteiger partial charge in [0.05, 0.1) is 0 Å². The van der Waals surface area contributed by atoms with Crippen LogP contribution < -0.4 is 10.1 Å². The van der Waals surface area contributed by atoms with Gasteiger partial charge in [-0.3, -0.25) is 4.79 Å². The highest BCUT2D eigenvalue weighted by molar-refractivity contribution is 8.13. The summed E-state index contributed by atoms with van der Waals surface area (Å²) in [6.07, 6.45) is -0.00121. The van der Waals surface area contributed by atoms with Crippen molar-refractivity contribution in [1.82, 2.24) is 5.32 Å². The Morgan fingerprint density at radius 1 is 1.38 bits per heavy atom. The Labute approximate surface area is 130 Å². The first-order chi connectivity index (χ1) is 9.66.